The first kappa shape index (κ1) is 11.6. The van der Waals surface area contributed by atoms with Gasteiger partial charge in [0.2, 0.25) is 6.43 Å². The van der Waals surface area contributed by atoms with Crippen LogP contribution in [0.25, 0.3) is 0 Å². The molecule has 0 spiro atoms. The van der Waals surface area contributed by atoms with Crippen LogP contribution in [0.3, 0.4) is 0 Å². The van der Waals surface area contributed by atoms with Gasteiger partial charge in [0.25, 0.3) is 0 Å². The van der Waals surface area contributed by atoms with Crippen molar-refractivity contribution >= 4 is 17.7 Å². The second-order valence-corrected chi connectivity index (χ2v) is 3.13. The van der Waals surface area contributed by atoms with Gasteiger partial charge in [0.05, 0.1) is 12.9 Å². The van der Waals surface area contributed by atoms with Crippen LogP contribution >= 0.6 is 11.8 Å². The van der Waals surface area contributed by atoms with Crippen LogP contribution in [0.4, 0.5) is 8.78 Å². The molecule has 0 aliphatic carbocycles. The number of nitrogens with two attached hydrogens (primary N) is 1. The second kappa shape index (κ2) is 6.19. The summed E-state index contributed by atoms with van der Waals surface area (Å²) in [7, 11) is 1.21. The Bertz CT molecular complexity index is 146. The fourth-order valence-corrected chi connectivity index (χ4v) is 1.21. The summed E-state index contributed by atoms with van der Waals surface area (Å²) in [4.78, 5) is 10.6. The van der Waals surface area contributed by atoms with Crippen molar-refractivity contribution in [1.29, 1.82) is 0 Å². The van der Waals surface area contributed by atoms with E-state index >= 15 is 0 Å². The molecule has 0 saturated heterocycles. The molecule has 0 fully saturated rings. The van der Waals surface area contributed by atoms with Crippen LogP contribution in [0.2, 0.25) is 0 Å². The van der Waals surface area contributed by atoms with Crippen LogP contribution in [0, 0.1) is 0 Å². The lowest BCUT2D eigenvalue weighted by Gasteiger charge is -2.07. The van der Waals surface area contributed by atoms with Gasteiger partial charge in [-0.15, -0.1) is 0 Å². The van der Waals surface area contributed by atoms with Crippen molar-refractivity contribution in [3.63, 3.8) is 0 Å². The molecule has 72 valence electrons. The summed E-state index contributed by atoms with van der Waals surface area (Å²) >= 11 is 0.937. The maximum atomic E-state index is 11.6. The van der Waals surface area contributed by atoms with Gasteiger partial charge in [0, 0.05) is 5.75 Å². The number of hydrogen-bond donors (Lipinski definition) is 1. The first-order valence-corrected chi connectivity index (χ1v) is 4.42. The Balaban J connectivity index is 3.43. The van der Waals surface area contributed by atoms with E-state index in [0.717, 1.165) is 11.8 Å². The SMILES string of the molecule is COC(=O)C(N)CSCC(F)F. The fraction of sp³-hybridized carbons (Fsp3) is 0.833. The predicted molar refractivity (Wildman–Crippen MR) is 43.3 cm³/mol. The highest BCUT2D eigenvalue weighted by atomic mass is 32.2. The minimum Gasteiger partial charge on any atom is -0.468 e. The third-order valence-electron chi connectivity index (χ3n) is 1.05. The van der Waals surface area contributed by atoms with Crippen molar-refractivity contribution in [3.05, 3.63) is 0 Å². The number of alkyl halides is 2. The van der Waals surface area contributed by atoms with E-state index in [0.29, 0.717) is 0 Å². The minimum absolute atomic E-state index is 0.164. The van der Waals surface area contributed by atoms with Crippen LogP contribution in [0.1, 0.15) is 0 Å². The summed E-state index contributed by atoms with van der Waals surface area (Å²) < 4.78 is 27.5. The van der Waals surface area contributed by atoms with Gasteiger partial charge in [-0.3, -0.25) is 4.79 Å². The monoisotopic (exact) mass is 199 g/mol. The van der Waals surface area contributed by atoms with E-state index in [-0.39, 0.29) is 11.5 Å². The molecular formula is C6H11F2NO2S. The molecule has 0 aromatic rings. The van der Waals surface area contributed by atoms with E-state index in [4.69, 9.17) is 5.73 Å². The summed E-state index contributed by atoms with van der Waals surface area (Å²) in [6, 6.07) is -0.807. The van der Waals surface area contributed by atoms with Crippen molar-refractivity contribution in [2.75, 3.05) is 18.6 Å². The zero-order chi connectivity index (χ0) is 9.56. The second-order valence-electron chi connectivity index (χ2n) is 2.06. The molecule has 12 heavy (non-hydrogen) atoms. The number of ether oxygens (including phenoxy) is 1. The number of carbonyl (C=O) groups excluding carboxylic acids is 1. The largest absolute Gasteiger partial charge is 0.468 e. The molecule has 1 unspecified atom stereocenters. The lowest BCUT2D eigenvalue weighted by Crippen LogP contribution is -2.34. The van der Waals surface area contributed by atoms with Gasteiger partial charge in [0.1, 0.15) is 6.04 Å². The van der Waals surface area contributed by atoms with Crippen molar-refractivity contribution in [3.8, 4) is 0 Å². The summed E-state index contributed by atoms with van der Waals surface area (Å²) in [5.74, 6) is -0.710. The highest BCUT2D eigenvalue weighted by Gasteiger charge is 2.14. The molecule has 3 nitrogen and oxygen atoms in total. The molecule has 0 radical (unpaired) electrons. The highest BCUT2D eigenvalue weighted by molar-refractivity contribution is 7.99. The van der Waals surface area contributed by atoms with Crippen molar-refractivity contribution in [2.24, 2.45) is 5.73 Å². The molecule has 2 N–H and O–H groups in total. The lowest BCUT2D eigenvalue weighted by molar-refractivity contribution is -0.141. The quantitative estimate of drug-likeness (QED) is 0.654. The van der Waals surface area contributed by atoms with Gasteiger partial charge in [-0.2, -0.15) is 11.8 Å². The summed E-state index contributed by atoms with van der Waals surface area (Å²) in [6.07, 6.45) is -2.36. The Morgan fingerprint density at radius 3 is 2.58 bits per heavy atom. The molecule has 1 atom stereocenters. The van der Waals surface area contributed by atoms with Gasteiger partial charge in [-0.1, -0.05) is 0 Å². The third-order valence-corrected chi connectivity index (χ3v) is 2.13. The molecule has 6 heteroatoms. The van der Waals surface area contributed by atoms with Crippen molar-refractivity contribution < 1.29 is 18.3 Å². The Morgan fingerprint density at radius 2 is 2.17 bits per heavy atom. The van der Waals surface area contributed by atoms with E-state index in [1.54, 1.807) is 0 Å². The maximum Gasteiger partial charge on any atom is 0.323 e. The average molecular weight is 199 g/mol. The normalized spacial score (nSPS) is 13.1. The number of carbonyl (C=O) groups is 1. The van der Waals surface area contributed by atoms with Gasteiger partial charge in [-0.25, -0.2) is 8.78 Å². The fourth-order valence-electron chi connectivity index (χ4n) is 0.504. The molecule has 0 aliphatic rings. The average Bonchev–Trinajstić information content (AvgIpc) is 2.02. The maximum absolute atomic E-state index is 11.6. The smallest absolute Gasteiger partial charge is 0.323 e. The summed E-state index contributed by atoms with van der Waals surface area (Å²) in [5, 5.41) is 0. The molecule has 0 amide bonds. The van der Waals surface area contributed by atoms with E-state index in [1.165, 1.54) is 7.11 Å². The zero-order valence-corrected chi connectivity index (χ0v) is 7.44. The summed E-state index contributed by atoms with van der Waals surface area (Å²) in [6.45, 7) is 0. The molecule has 0 bridgehead atoms. The van der Waals surface area contributed by atoms with Gasteiger partial charge < -0.3 is 10.5 Å². The molecule has 0 rings (SSSR count). The zero-order valence-electron chi connectivity index (χ0n) is 6.63. The number of methoxy groups -OCH3 is 1. The molecule has 0 aliphatic heterocycles. The van der Waals surface area contributed by atoms with E-state index in [9.17, 15) is 13.6 Å². The van der Waals surface area contributed by atoms with Crippen LogP contribution in [-0.4, -0.2) is 37.1 Å². The van der Waals surface area contributed by atoms with Crippen LogP contribution < -0.4 is 5.73 Å². The first-order valence-electron chi connectivity index (χ1n) is 3.27. The molecule has 0 aromatic heterocycles. The number of hydrogen-bond acceptors (Lipinski definition) is 4. The van der Waals surface area contributed by atoms with Gasteiger partial charge in [-0.05, 0) is 0 Å². The Kier molecular flexibility index (Phi) is 6.00. The Hall–Kier alpha value is -0.360. The highest BCUT2D eigenvalue weighted by Crippen LogP contribution is 2.07. The van der Waals surface area contributed by atoms with Crippen molar-refractivity contribution in [2.45, 2.75) is 12.5 Å². The van der Waals surface area contributed by atoms with E-state index in [1.807, 2.05) is 0 Å². The van der Waals surface area contributed by atoms with Crippen LogP contribution in [0.15, 0.2) is 0 Å². The van der Waals surface area contributed by atoms with Gasteiger partial charge in [0.15, 0.2) is 0 Å². The third kappa shape index (κ3) is 5.31. The molecule has 0 aromatic carbocycles. The first-order chi connectivity index (χ1) is 5.57. The predicted octanol–water partition coefficient (Wildman–Crippen LogP) is 0.485. The van der Waals surface area contributed by atoms with E-state index < -0.39 is 18.4 Å². The minimum atomic E-state index is -2.36. The summed E-state index contributed by atoms with van der Waals surface area (Å²) in [5.41, 5.74) is 5.27. The Labute approximate surface area is 73.6 Å². The van der Waals surface area contributed by atoms with Crippen LogP contribution in [-0.2, 0) is 9.53 Å². The Morgan fingerprint density at radius 1 is 1.58 bits per heavy atom. The molecular weight excluding hydrogens is 188 g/mol. The number of thioether (sulfide) groups is 1. The number of rotatable bonds is 5. The lowest BCUT2D eigenvalue weighted by atomic mass is 10.4. The number of halogens is 2. The van der Waals surface area contributed by atoms with Gasteiger partial charge >= 0.3 is 5.97 Å². The van der Waals surface area contributed by atoms with Crippen molar-refractivity contribution in [1.82, 2.24) is 0 Å². The number of esters is 1. The standard InChI is InChI=1S/C6H11F2NO2S/c1-11-6(10)4(9)2-12-3-5(7)8/h4-5H,2-3,9H2,1H3. The van der Waals surface area contributed by atoms with E-state index in [2.05, 4.69) is 4.74 Å². The van der Waals surface area contributed by atoms with Crippen LogP contribution in [0.5, 0.6) is 0 Å². The topological polar surface area (TPSA) is 52.3 Å². The molecule has 0 saturated carbocycles. The molecule has 0 heterocycles.